The summed E-state index contributed by atoms with van der Waals surface area (Å²) in [6.07, 6.45) is 2.16. The lowest BCUT2D eigenvalue weighted by Crippen LogP contribution is -2.64. The van der Waals surface area contributed by atoms with Crippen molar-refractivity contribution < 1.29 is 13.9 Å². The van der Waals surface area contributed by atoms with Gasteiger partial charge in [-0.2, -0.15) is 5.10 Å². The third-order valence-electron chi connectivity index (χ3n) is 7.22. The van der Waals surface area contributed by atoms with E-state index in [0.717, 1.165) is 29.7 Å². The fourth-order valence-electron chi connectivity index (χ4n) is 4.97. The molecule has 1 aliphatic rings. The topological polar surface area (TPSA) is 72.3 Å². The summed E-state index contributed by atoms with van der Waals surface area (Å²) in [5, 5.41) is 8.53. The number of ether oxygens (including phenoxy) is 1. The van der Waals surface area contributed by atoms with Gasteiger partial charge in [0, 0.05) is 55.0 Å². The number of carbonyl (C=O) groups is 1. The molecule has 1 fully saturated rings. The zero-order chi connectivity index (χ0) is 27.2. The summed E-state index contributed by atoms with van der Waals surface area (Å²) in [6.45, 7) is 11.9. The van der Waals surface area contributed by atoms with Crippen molar-refractivity contribution in [2.45, 2.75) is 52.6 Å². The normalized spacial score (nSPS) is 14.5. The van der Waals surface area contributed by atoms with Crippen LogP contribution in [0.25, 0.3) is 22.2 Å². The molecular formula is C30H34FN5O2. The van der Waals surface area contributed by atoms with Crippen molar-refractivity contribution in [2.24, 2.45) is 7.05 Å². The van der Waals surface area contributed by atoms with E-state index in [1.807, 2.05) is 49.8 Å². The number of benzene rings is 2. The van der Waals surface area contributed by atoms with Crippen LogP contribution in [0.3, 0.4) is 0 Å². The molecule has 3 heterocycles. The van der Waals surface area contributed by atoms with Crippen molar-refractivity contribution in [1.29, 1.82) is 0 Å². The maximum Gasteiger partial charge on any atom is 0.254 e. The lowest BCUT2D eigenvalue weighted by Gasteiger charge is -2.47. The average molecular weight is 516 g/mol. The number of amides is 1. The Morgan fingerprint density at radius 3 is 2.58 bits per heavy atom. The molecular weight excluding hydrogens is 481 g/mol. The largest absolute Gasteiger partial charge is 0.457 e. The molecule has 4 aromatic rings. The van der Waals surface area contributed by atoms with E-state index in [0.29, 0.717) is 34.7 Å². The summed E-state index contributed by atoms with van der Waals surface area (Å²) in [5.74, 6) is 0.345. The summed E-state index contributed by atoms with van der Waals surface area (Å²) in [6, 6.07) is 12.6. The summed E-state index contributed by atoms with van der Waals surface area (Å²) in [5.41, 5.74) is 3.92. The minimum absolute atomic E-state index is 0.0236. The molecule has 1 aliphatic heterocycles. The van der Waals surface area contributed by atoms with Crippen molar-refractivity contribution in [3.8, 4) is 22.8 Å². The minimum Gasteiger partial charge on any atom is -0.457 e. The molecule has 2 aromatic heterocycles. The number of rotatable bonds is 6. The first-order valence-electron chi connectivity index (χ1n) is 13.0. The quantitative estimate of drug-likeness (QED) is 0.359. The molecule has 0 spiro atoms. The van der Waals surface area contributed by atoms with Gasteiger partial charge in [0.05, 0.1) is 28.5 Å². The standard InChI is InChI=1S/C30H34FN5O2/c1-7-19-12-20(13-25(31)28(19)29(37)33-21-16-36(17-21)30(3,4)5)26-14-23(10-11-32-26)38-22-8-9-24-18(2)34-35(6)27(24)15-22/h8-15,21H,7,16-17H2,1-6H3,(H,33,37). The highest BCUT2D eigenvalue weighted by molar-refractivity contribution is 5.97. The Morgan fingerprint density at radius 2 is 1.87 bits per heavy atom. The monoisotopic (exact) mass is 515 g/mol. The Labute approximate surface area is 222 Å². The third kappa shape index (κ3) is 5.00. The molecule has 198 valence electrons. The van der Waals surface area contributed by atoms with Crippen LogP contribution < -0.4 is 10.1 Å². The molecule has 0 saturated carbocycles. The van der Waals surface area contributed by atoms with Gasteiger partial charge in [-0.25, -0.2) is 4.39 Å². The second-order valence-corrected chi connectivity index (χ2v) is 11.0. The van der Waals surface area contributed by atoms with Crippen molar-refractivity contribution in [3.05, 3.63) is 71.3 Å². The van der Waals surface area contributed by atoms with Gasteiger partial charge in [-0.05, 0) is 70.0 Å². The van der Waals surface area contributed by atoms with Gasteiger partial charge in [0.2, 0.25) is 0 Å². The predicted molar refractivity (Wildman–Crippen MR) is 147 cm³/mol. The number of likely N-dealkylation sites (tertiary alicyclic amines) is 1. The van der Waals surface area contributed by atoms with Crippen molar-refractivity contribution in [1.82, 2.24) is 25.0 Å². The number of carbonyl (C=O) groups excluding carboxylic acids is 1. The number of nitrogens with zero attached hydrogens (tertiary/aromatic N) is 4. The number of hydrogen-bond donors (Lipinski definition) is 1. The molecule has 2 aromatic carbocycles. The van der Waals surface area contributed by atoms with E-state index < -0.39 is 5.82 Å². The minimum atomic E-state index is -0.547. The Balaban J connectivity index is 1.36. The van der Waals surface area contributed by atoms with Crippen LogP contribution >= 0.6 is 0 Å². The van der Waals surface area contributed by atoms with E-state index in [9.17, 15) is 4.79 Å². The van der Waals surface area contributed by atoms with Gasteiger partial charge in [-0.3, -0.25) is 19.4 Å². The molecule has 0 radical (unpaired) electrons. The van der Waals surface area contributed by atoms with Crippen LogP contribution in [0.15, 0.2) is 48.7 Å². The molecule has 0 aliphatic carbocycles. The Hall–Kier alpha value is -3.78. The fourth-order valence-corrected chi connectivity index (χ4v) is 4.97. The number of fused-ring (bicyclic) bond motifs is 1. The number of hydrogen-bond acceptors (Lipinski definition) is 5. The van der Waals surface area contributed by atoms with Crippen LogP contribution in [-0.4, -0.2) is 50.2 Å². The van der Waals surface area contributed by atoms with Crippen LogP contribution in [0.5, 0.6) is 11.5 Å². The van der Waals surface area contributed by atoms with E-state index in [4.69, 9.17) is 4.74 Å². The first-order chi connectivity index (χ1) is 18.0. The van der Waals surface area contributed by atoms with Crippen molar-refractivity contribution >= 4 is 16.8 Å². The van der Waals surface area contributed by atoms with Crippen LogP contribution in [0.2, 0.25) is 0 Å². The van der Waals surface area contributed by atoms with Crippen LogP contribution in [0.4, 0.5) is 4.39 Å². The zero-order valence-electron chi connectivity index (χ0n) is 22.8. The van der Waals surface area contributed by atoms with Gasteiger partial charge in [0.1, 0.15) is 17.3 Å². The van der Waals surface area contributed by atoms with Gasteiger partial charge in [-0.15, -0.1) is 0 Å². The van der Waals surface area contributed by atoms with Crippen molar-refractivity contribution in [2.75, 3.05) is 13.1 Å². The van der Waals surface area contributed by atoms with E-state index in [1.165, 1.54) is 6.07 Å². The number of pyridine rings is 1. The smallest absolute Gasteiger partial charge is 0.254 e. The van der Waals surface area contributed by atoms with E-state index in [2.05, 4.69) is 41.1 Å². The predicted octanol–water partition coefficient (Wildman–Crippen LogP) is 5.65. The van der Waals surface area contributed by atoms with Crippen LogP contribution in [0.1, 0.15) is 49.3 Å². The van der Waals surface area contributed by atoms with Crippen molar-refractivity contribution in [3.63, 3.8) is 0 Å². The highest BCUT2D eigenvalue weighted by Crippen LogP contribution is 2.31. The Kier molecular flexibility index (Phi) is 6.69. The Morgan fingerprint density at radius 1 is 1.13 bits per heavy atom. The second kappa shape index (κ2) is 9.83. The van der Waals surface area contributed by atoms with E-state index in [-0.39, 0.29) is 23.1 Å². The number of aromatic nitrogens is 3. The highest BCUT2D eigenvalue weighted by atomic mass is 19.1. The number of halogens is 1. The highest BCUT2D eigenvalue weighted by Gasteiger charge is 2.35. The van der Waals surface area contributed by atoms with Gasteiger partial charge in [0.25, 0.3) is 5.91 Å². The molecule has 8 heteroatoms. The van der Waals surface area contributed by atoms with Crippen LogP contribution in [0, 0.1) is 12.7 Å². The molecule has 38 heavy (non-hydrogen) atoms. The maximum absolute atomic E-state index is 15.4. The lowest BCUT2D eigenvalue weighted by molar-refractivity contribution is 0.0330. The maximum atomic E-state index is 15.4. The van der Waals surface area contributed by atoms with E-state index in [1.54, 1.807) is 18.3 Å². The molecule has 0 atom stereocenters. The first-order valence-corrected chi connectivity index (χ1v) is 13.0. The second-order valence-electron chi connectivity index (χ2n) is 11.0. The summed E-state index contributed by atoms with van der Waals surface area (Å²) < 4.78 is 23.3. The number of aryl methyl sites for hydroxylation is 3. The summed E-state index contributed by atoms with van der Waals surface area (Å²) in [7, 11) is 1.90. The first kappa shape index (κ1) is 25.9. The third-order valence-corrected chi connectivity index (χ3v) is 7.22. The average Bonchev–Trinajstić information content (AvgIpc) is 3.12. The molecule has 1 amide bonds. The van der Waals surface area contributed by atoms with Gasteiger partial charge in [0.15, 0.2) is 0 Å². The fraction of sp³-hybridized carbons (Fsp3) is 0.367. The SMILES string of the molecule is CCc1cc(-c2cc(Oc3ccc4c(C)nn(C)c4c3)ccn2)cc(F)c1C(=O)NC1CN(C(C)(C)C)C1. The summed E-state index contributed by atoms with van der Waals surface area (Å²) in [4.78, 5) is 19.7. The number of nitrogens with one attached hydrogen (secondary N) is 1. The zero-order valence-corrected chi connectivity index (χ0v) is 22.8. The molecule has 1 saturated heterocycles. The molecule has 5 rings (SSSR count). The molecule has 1 N–H and O–H groups in total. The van der Waals surface area contributed by atoms with Gasteiger partial charge >= 0.3 is 0 Å². The lowest BCUT2D eigenvalue weighted by atomic mass is 9.96. The summed E-state index contributed by atoms with van der Waals surface area (Å²) >= 11 is 0. The molecule has 0 unspecified atom stereocenters. The van der Waals surface area contributed by atoms with Gasteiger partial charge in [-0.1, -0.05) is 6.92 Å². The van der Waals surface area contributed by atoms with E-state index >= 15 is 4.39 Å². The van der Waals surface area contributed by atoms with Crippen LogP contribution in [-0.2, 0) is 13.5 Å². The molecule has 0 bridgehead atoms. The molecule has 7 nitrogen and oxygen atoms in total. The van der Waals surface area contributed by atoms with Gasteiger partial charge < -0.3 is 10.1 Å². The Bertz CT molecular complexity index is 1520.